The zero-order valence-corrected chi connectivity index (χ0v) is 14.6. The van der Waals surface area contributed by atoms with E-state index in [9.17, 15) is 14.4 Å². The second-order valence-corrected chi connectivity index (χ2v) is 6.09. The molecule has 0 saturated carbocycles. The van der Waals surface area contributed by atoms with E-state index in [2.05, 4.69) is 10.1 Å². The molecule has 1 aromatic carbocycles. The van der Waals surface area contributed by atoms with Gasteiger partial charge < -0.3 is 19.1 Å². The number of aromatic nitrogens is 1. The van der Waals surface area contributed by atoms with Crippen LogP contribution in [0.15, 0.2) is 39.6 Å². The van der Waals surface area contributed by atoms with Crippen LogP contribution in [-0.2, 0) is 16.0 Å². The molecule has 1 fully saturated rings. The number of carbonyl (C=O) groups is 2. The maximum atomic E-state index is 12.3. The fraction of sp³-hybridized carbons (Fsp3) is 0.389. The highest BCUT2D eigenvalue weighted by atomic mass is 16.5. The first-order valence-electron chi connectivity index (χ1n) is 8.45. The number of piperazine rings is 1. The molecule has 0 atom stereocenters. The Bertz CT molecular complexity index is 816. The summed E-state index contributed by atoms with van der Waals surface area (Å²) < 4.78 is 9.66. The van der Waals surface area contributed by atoms with Gasteiger partial charge in [0.2, 0.25) is 5.91 Å². The predicted molar refractivity (Wildman–Crippen MR) is 94.2 cm³/mol. The third-order valence-corrected chi connectivity index (χ3v) is 4.45. The number of hydrogen-bond acceptors (Lipinski definition) is 6. The standard InChI is InChI=1S/C18H21N3O5/c1-25-18(24)13-2-4-14(5-3-13)20-8-10-21(11-9-20)17(23)7-6-15-12-16(22)19-26-15/h2-5,12H,6-11H2,1H3,(H,19,22). The molecule has 2 heterocycles. The van der Waals surface area contributed by atoms with Gasteiger partial charge in [-0.05, 0) is 24.3 Å². The van der Waals surface area contributed by atoms with E-state index in [4.69, 9.17) is 9.26 Å². The second kappa shape index (κ2) is 7.90. The molecule has 2 aromatic rings. The van der Waals surface area contributed by atoms with Crippen molar-refractivity contribution in [2.24, 2.45) is 0 Å². The average molecular weight is 359 g/mol. The molecule has 0 radical (unpaired) electrons. The van der Waals surface area contributed by atoms with Gasteiger partial charge in [-0.15, -0.1) is 0 Å². The number of rotatable bonds is 5. The summed E-state index contributed by atoms with van der Waals surface area (Å²) in [6, 6.07) is 8.62. The van der Waals surface area contributed by atoms with Gasteiger partial charge in [-0.1, -0.05) is 0 Å². The van der Waals surface area contributed by atoms with E-state index >= 15 is 0 Å². The van der Waals surface area contributed by atoms with Crippen molar-refractivity contribution >= 4 is 17.6 Å². The van der Waals surface area contributed by atoms with Gasteiger partial charge >= 0.3 is 5.97 Å². The Morgan fingerprint density at radius 1 is 1.15 bits per heavy atom. The Hall–Kier alpha value is -3.03. The predicted octanol–water partition coefficient (Wildman–Crippen LogP) is 1.04. The van der Waals surface area contributed by atoms with E-state index in [1.54, 1.807) is 12.1 Å². The van der Waals surface area contributed by atoms with Gasteiger partial charge in [0.05, 0.1) is 12.7 Å². The normalized spacial score (nSPS) is 14.3. The minimum Gasteiger partial charge on any atom is -0.465 e. The lowest BCUT2D eigenvalue weighted by Gasteiger charge is -2.36. The van der Waals surface area contributed by atoms with E-state index in [0.717, 1.165) is 18.8 Å². The minimum atomic E-state index is -0.356. The van der Waals surface area contributed by atoms with Crippen molar-refractivity contribution in [2.75, 3.05) is 38.2 Å². The van der Waals surface area contributed by atoms with Gasteiger partial charge in [-0.3, -0.25) is 9.59 Å². The Morgan fingerprint density at radius 2 is 1.85 bits per heavy atom. The Morgan fingerprint density at radius 3 is 2.42 bits per heavy atom. The van der Waals surface area contributed by atoms with Crippen LogP contribution in [0.2, 0.25) is 0 Å². The number of methoxy groups -OCH3 is 1. The van der Waals surface area contributed by atoms with Crippen LogP contribution in [-0.4, -0.2) is 55.2 Å². The van der Waals surface area contributed by atoms with Gasteiger partial charge in [0, 0.05) is 50.8 Å². The molecule has 0 bridgehead atoms. The molecule has 0 aliphatic carbocycles. The summed E-state index contributed by atoms with van der Waals surface area (Å²) in [5, 5.41) is 2.22. The smallest absolute Gasteiger partial charge is 0.337 e. The molecule has 1 aliphatic rings. The minimum absolute atomic E-state index is 0.0505. The first-order valence-corrected chi connectivity index (χ1v) is 8.45. The molecule has 138 valence electrons. The summed E-state index contributed by atoms with van der Waals surface area (Å²) in [4.78, 5) is 38.8. The summed E-state index contributed by atoms with van der Waals surface area (Å²) in [6.07, 6.45) is 0.724. The van der Waals surface area contributed by atoms with Gasteiger partial charge in [-0.2, -0.15) is 5.16 Å². The van der Waals surface area contributed by atoms with Crippen LogP contribution in [0.5, 0.6) is 0 Å². The largest absolute Gasteiger partial charge is 0.465 e. The first-order chi connectivity index (χ1) is 12.6. The molecule has 26 heavy (non-hydrogen) atoms. The van der Waals surface area contributed by atoms with E-state index in [0.29, 0.717) is 37.3 Å². The van der Waals surface area contributed by atoms with Crippen LogP contribution in [0, 0.1) is 0 Å². The van der Waals surface area contributed by atoms with E-state index in [-0.39, 0.29) is 17.4 Å². The molecule has 0 spiro atoms. The number of ether oxygens (including phenoxy) is 1. The monoisotopic (exact) mass is 359 g/mol. The van der Waals surface area contributed by atoms with Crippen LogP contribution >= 0.6 is 0 Å². The SMILES string of the molecule is COC(=O)c1ccc(N2CCN(C(=O)CCc3cc(=O)[nH]o3)CC2)cc1. The number of nitrogens with zero attached hydrogens (tertiary/aromatic N) is 2. The number of amides is 1. The molecule has 1 amide bonds. The topological polar surface area (TPSA) is 95.9 Å². The van der Waals surface area contributed by atoms with Crippen molar-refractivity contribution < 1.29 is 18.8 Å². The number of aromatic amines is 1. The number of carbonyl (C=O) groups excluding carboxylic acids is 2. The van der Waals surface area contributed by atoms with Crippen molar-refractivity contribution in [3.05, 3.63) is 52.0 Å². The molecule has 0 unspecified atom stereocenters. The number of nitrogens with one attached hydrogen (secondary N) is 1. The zero-order chi connectivity index (χ0) is 18.5. The Labute approximate surface area is 150 Å². The van der Waals surface area contributed by atoms with Crippen molar-refractivity contribution in [3.63, 3.8) is 0 Å². The van der Waals surface area contributed by atoms with Crippen LogP contribution in [0.4, 0.5) is 5.69 Å². The number of hydrogen-bond donors (Lipinski definition) is 1. The Balaban J connectivity index is 1.49. The summed E-state index contributed by atoms with van der Waals surface area (Å²) in [6.45, 7) is 2.72. The third kappa shape index (κ3) is 4.14. The number of H-pyrrole nitrogens is 1. The highest BCUT2D eigenvalue weighted by Crippen LogP contribution is 2.18. The number of benzene rings is 1. The van der Waals surface area contributed by atoms with Crippen LogP contribution in [0.25, 0.3) is 0 Å². The third-order valence-electron chi connectivity index (χ3n) is 4.45. The maximum Gasteiger partial charge on any atom is 0.337 e. The molecule has 8 nitrogen and oxygen atoms in total. The average Bonchev–Trinajstić information content (AvgIpc) is 3.11. The van der Waals surface area contributed by atoms with E-state index < -0.39 is 0 Å². The van der Waals surface area contributed by atoms with Gasteiger partial charge in [0.25, 0.3) is 5.56 Å². The van der Waals surface area contributed by atoms with Gasteiger partial charge in [0.15, 0.2) is 0 Å². The van der Waals surface area contributed by atoms with E-state index in [1.807, 2.05) is 17.0 Å². The molecule has 1 aliphatic heterocycles. The zero-order valence-electron chi connectivity index (χ0n) is 14.6. The van der Waals surface area contributed by atoms with Crippen LogP contribution < -0.4 is 10.5 Å². The molecule has 1 N–H and O–H groups in total. The van der Waals surface area contributed by atoms with Crippen molar-refractivity contribution in [2.45, 2.75) is 12.8 Å². The fourth-order valence-electron chi connectivity index (χ4n) is 2.97. The molecule has 1 saturated heterocycles. The molecular weight excluding hydrogens is 338 g/mol. The number of anilines is 1. The summed E-state index contributed by atoms with van der Waals surface area (Å²) in [5.41, 5.74) is 1.24. The summed E-state index contributed by atoms with van der Waals surface area (Å²) >= 11 is 0. The highest BCUT2D eigenvalue weighted by Gasteiger charge is 2.21. The molecular formula is C18H21N3O5. The lowest BCUT2D eigenvalue weighted by atomic mass is 10.1. The molecule has 3 rings (SSSR count). The summed E-state index contributed by atoms with van der Waals surface area (Å²) in [5.74, 6) is 0.187. The highest BCUT2D eigenvalue weighted by molar-refractivity contribution is 5.89. The lowest BCUT2D eigenvalue weighted by molar-refractivity contribution is -0.131. The maximum absolute atomic E-state index is 12.3. The van der Waals surface area contributed by atoms with Crippen molar-refractivity contribution in [1.29, 1.82) is 0 Å². The van der Waals surface area contributed by atoms with E-state index in [1.165, 1.54) is 13.2 Å². The van der Waals surface area contributed by atoms with Crippen molar-refractivity contribution in [1.82, 2.24) is 10.1 Å². The van der Waals surface area contributed by atoms with Crippen LogP contribution in [0.3, 0.4) is 0 Å². The quantitative estimate of drug-likeness (QED) is 0.802. The van der Waals surface area contributed by atoms with Gasteiger partial charge in [0.1, 0.15) is 5.76 Å². The van der Waals surface area contributed by atoms with Crippen molar-refractivity contribution in [3.8, 4) is 0 Å². The molecule has 8 heteroatoms. The lowest BCUT2D eigenvalue weighted by Crippen LogP contribution is -2.48. The second-order valence-electron chi connectivity index (χ2n) is 6.09. The summed E-state index contributed by atoms with van der Waals surface area (Å²) in [7, 11) is 1.36. The first kappa shape index (κ1) is 17.8. The number of esters is 1. The van der Waals surface area contributed by atoms with Crippen LogP contribution in [0.1, 0.15) is 22.5 Å². The Kier molecular flexibility index (Phi) is 5.40. The van der Waals surface area contributed by atoms with Gasteiger partial charge in [-0.25, -0.2) is 4.79 Å². The molecule has 1 aromatic heterocycles. The number of aryl methyl sites for hydroxylation is 1. The fourth-order valence-corrected chi connectivity index (χ4v) is 2.97.